The summed E-state index contributed by atoms with van der Waals surface area (Å²) in [4.78, 5) is 22.3. The van der Waals surface area contributed by atoms with Gasteiger partial charge in [0.1, 0.15) is 30.0 Å². The van der Waals surface area contributed by atoms with E-state index in [1.165, 1.54) is 0 Å². The minimum Gasteiger partial charge on any atom is -0.491 e. The van der Waals surface area contributed by atoms with Gasteiger partial charge in [-0.15, -0.1) is 0 Å². The van der Waals surface area contributed by atoms with Gasteiger partial charge >= 0.3 is 0 Å². The number of fused-ring (bicyclic) bond motifs is 1. The van der Waals surface area contributed by atoms with Crippen molar-refractivity contribution < 1.29 is 4.74 Å². The lowest BCUT2D eigenvalue weighted by Gasteiger charge is -2.26. The third kappa shape index (κ3) is 3.66. The fourth-order valence-corrected chi connectivity index (χ4v) is 3.44. The van der Waals surface area contributed by atoms with Crippen molar-refractivity contribution in [3.63, 3.8) is 0 Å². The highest BCUT2D eigenvalue weighted by Crippen LogP contribution is 2.29. The van der Waals surface area contributed by atoms with E-state index in [4.69, 9.17) is 10.5 Å². The topological polar surface area (TPSA) is 105 Å². The number of nitrogens with zero attached hydrogens (tertiary/aromatic N) is 5. The molecule has 1 aliphatic heterocycles. The van der Waals surface area contributed by atoms with Gasteiger partial charge in [0.25, 0.3) is 0 Å². The zero-order valence-electron chi connectivity index (χ0n) is 15.7. The van der Waals surface area contributed by atoms with Crippen LogP contribution in [0.2, 0.25) is 0 Å². The molecule has 8 nitrogen and oxygen atoms in total. The van der Waals surface area contributed by atoms with Crippen molar-refractivity contribution in [2.24, 2.45) is 10.7 Å². The van der Waals surface area contributed by atoms with Crippen molar-refractivity contribution in [2.45, 2.75) is 18.9 Å². The molecule has 1 saturated heterocycles. The number of imidazole rings is 1. The molecule has 4 rings (SSSR count). The normalized spacial score (nSPS) is 17.7. The van der Waals surface area contributed by atoms with Crippen LogP contribution in [0, 0.1) is 0 Å². The van der Waals surface area contributed by atoms with E-state index in [9.17, 15) is 0 Å². The van der Waals surface area contributed by atoms with Crippen molar-refractivity contribution in [3.05, 3.63) is 48.6 Å². The van der Waals surface area contributed by atoms with Crippen molar-refractivity contribution in [2.75, 3.05) is 25.1 Å². The molecule has 1 aromatic carbocycles. The second-order valence-corrected chi connectivity index (χ2v) is 6.62. The number of H-pyrrole nitrogens is 1. The SMILES string of the molecule is CN=C(N)/C=C/c1ccccc1OC[C@H]1CCCN1c1ncnc2nc[nH]c12. The molecule has 3 aromatic rings. The van der Waals surface area contributed by atoms with E-state index >= 15 is 0 Å². The molecule has 28 heavy (non-hydrogen) atoms. The molecule has 0 radical (unpaired) electrons. The first kappa shape index (κ1) is 18.0. The van der Waals surface area contributed by atoms with Crippen LogP contribution < -0.4 is 15.4 Å². The van der Waals surface area contributed by atoms with Crippen LogP contribution >= 0.6 is 0 Å². The standard InChI is InChI=1S/C20H23N7O/c1-22-17(21)9-8-14-5-2-3-7-16(14)28-11-15-6-4-10-27(15)20-18-19(24-12-23-18)25-13-26-20/h2-3,5,7-9,12-13,15H,4,6,10-11H2,1H3,(H2,21,22)(H,23,24,25,26)/b9-8+/t15-/m1/s1. The number of ether oxygens (including phenoxy) is 1. The first-order valence-electron chi connectivity index (χ1n) is 9.29. The molecule has 0 bridgehead atoms. The minimum absolute atomic E-state index is 0.237. The number of nitrogens with two attached hydrogens (primary N) is 1. The molecule has 0 aliphatic carbocycles. The van der Waals surface area contributed by atoms with Gasteiger partial charge in [-0.05, 0) is 31.1 Å². The summed E-state index contributed by atoms with van der Waals surface area (Å²) >= 11 is 0. The first-order chi connectivity index (χ1) is 13.8. The van der Waals surface area contributed by atoms with Gasteiger partial charge in [-0.25, -0.2) is 15.0 Å². The van der Waals surface area contributed by atoms with Gasteiger partial charge in [-0.2, -0.15) is 0 Å². The van der Waals surface area contributed by atoms with Crippen LogP contribution in [0.1, 0.15) is 18.4 Å². The van der Waals surface area contributed by atoms with Crippen molar-refractivity contribution in [1.82, 2.24) is 19.9 Å². The predicted molar refractivity (Wildman–Crippen MR) is 111 cm³/mol. The first-order valence-corrected chi connectivity index (χ1v) is 9.29. The quantitative estimate of drug-likeness (QED) is 0.505. The fourth-order valence-electron chi connectivity index (χ4n) is 3.44. The number of aliphatic imine (C=N–C) groups is 1. The largest absolute Gasteiger partial charge is 0.491 e. The van der Waals surface area contributed by atoms with E-state index in [-0.39, 0.29) is 6.04 Å². The number of anilines is 1. The Morgan fingerprint density at radius 3 is 3.14 bits per heavy atom. The van der Waals surface area contributed by atoms with Crippen LogP contribution in [0.5, 0.6) is 5.75 Å². The van der Waals surface area contributed by atoms with E-state index in [1.54, 1.807) is 25.8 Å². The molecule has 3 N–H and O–H groups in total. The molecule has 144 valence electrons. The molecule has 3 heterocycles. The molecule has 1 fully saturated rings. The zero-order chi connectivity index (χ0) is 19.3. The molecule has 1 aliphatic rings. The second kappa shape index (κ2) is 8.08. The minimum atomic E-state index is 0.237. The summed E-state index contributed by atoms with van der Waals surface area (Å²) in [5.41, 5.74) is 8.28. The van der Waals surface area contributed by atoms with E-state index < -0.39 is 0 Å². The van der Waals surface area contributed by atoms with Gasteiger partial charge in [-0.3, -0.25) is 4.99 Å². The van der Waals surface area contributed by atoms with Gasteiger partial charge in [-0.1, -0.05) is 18.2 Å². The molecule has 1 atom stereocenters. The summed E-state index contributed by atoms with van der Waals surface area (Å²) in [5.74, 6) is 2.18. The van der Waals surface area contributed by atoms with Crippen molar-refractivity contribution >= 4 is 28.9 Å². The Bertz CT molecular complexity index is 1010. The average molecular weight is 377 g/mol. The lowest BCUT2D eigenvalue weighted by Crippen LogP contribution is -2.35. The summed E-state index contributed by atoms with van der Waals surface area (Å²) in [6.07, 6.45) is 9.06. The van der Waals surface area contributed by atoms with Gasteiger partial charge < -0.3 is 20.4 Å². The van der Waals surface area contributed by atoms with Crippen LogP contribution in [-0.2, 0) is 0 Å². The molecule has 0 saturated carbocycles. The highest BCUT2D eigenvalue weighted by molar-refractivity contribution is 5.95. The maximum absolute atomic E-state index is 6.19. The average Bonchev–Trinajstić information content (AvgIpc) is 3.40. The van der Waals surface area contributed by atoms with E-state index in [0.717, 1.165) is 42.0 Å². The summed E-state index contributed by atoms with van der Waals surface area (Å²) in [6.45, 7) is 1.51. The zero-order valence-corrected chi connectivity index (χ0v) is 15.7. The third-order valence-corrected chi connectivity index (χ3v) is 4.89. The fraction of sp³-hybridized carbons (Fsp3) is 0.300. The van der Waals surface area contributed by atoms with Crippen LogP contribution in [0.15, 0.2) is 48.0 Å². The molecular formula is C20H23N7O. The number of benzene rings is 1. The Balaban J connectivity index is 1.51. The Hall–Kier alpha value is -3.42. The van der Waals surface area contributed by atoms with Gasteiger partial charge in [0.2, 0.25) is 0 Å². The van der Waals surface area contributed by atoms with Crippen LogP contribution in [0.25, 0.3) is 17.2 Å². The van der Waals surface area contributed by atoms with Gasteiger partial charge in [0, 0.05) is 19.2 Å². The van der Waals surface area contributed by atoms with E-state index in [0.29, 0.717) is 18.1 Å². The van der Waals surface area contributed by atoms with Crippen molar-refractivity contribution in [3.8, 4) is 5.75 Å². The monoisotopic (exact) mass is 377 g/mol. The highest BCUT2D eigenvalue weighted by atomic mass is 16.5. The number of amidine groups is 1. The summed E-state index contributed by atoms with van der Waals surface area (Å²) < 4.78 is 6.19. The Kier molecular flexibility index (Phi) is 5.18. The molecule has 0 amide bonds. The number of nitrogens with one attached hydrogen (secondary N) is 1. The lowest BCUT2D eigenvalue weighted by molar-refractivity contribution is 0.288. The van der Waals surface area contributed by atoms with E-state index in [1.807, 2.05) is 30.3 Å². The Labute approximate surface area is 163 Å². The maximum atomic E-state index is 6.19. The smallest absolute Gasteiger partial charge is 0.182 e. The Morgan fingerprint density at radius 1 is 1.36 bits per heavy atom. The maximum Gasteiger partial charge on any atom is 0.182 e. The number of rotatable bonds is 6. The predicted octanol–water partition coefficient (Wildman–Crippen LogP) is 2.40. The van der Waals surface area contributed by atoms with Gasteiger partial charge in [0.15, 0.2) is 11.5 Å². The van der Waals surface area contributed by atoms with E-state index in [2.05, 4.69) is 29.8 Å². The van der Waals surface area contributed by atoms with Crippen LogP contribution in [0.4, 0.5) is 5.82 Å². The highest BCUT2D eigenvalue weighted by Gasteiger charge is 2.28. The molecule has 2 aromatic heterocycles. The number of aromatic amines is 1. The lowest BCUT2D eigenvalue weighted by atomic mass is 10.2. The Morgan fingerprint density at radius 2 is 2.25 bits per heavy atom. The summed E-state index contributed by atoms with van der Waals surface area (Å²) in [7, 11) is 1.67. The molecule has 8 heteroatoms. The third-order valence-electron chi connectivity index (χ3n) is 4.89. The second-order valence-electron chi connectivity index (χ2n) is 6.62. The molecular weight excluding hydrogens is 354 g/mol. The van der Waals surface area contributed by atoms with Crippen molar-refractivity contribution in [1.29, 1.82) is 0 Å². The molecule has 0 unspecified atom stereocenters. The number of para-hydroxylation sites is 1. The van der Waals surface area contributed by atoms with Crippen LogP contribution in [-0.4, -0.2) is 52.0 Å². The van der Waals surface area contributed by atoms with Crippen LogP contribution in [0.3, 0.4) is 0 Å². The summed E-state index contributed by atoms with van der Waals surface area (Å²) in [6, 6.07) is 8.15. The molecule has 0 spiro atoms. The number of aromatic nitrogens is 4. The number of hydrogen-bond donors (Lipinski definition) is 2. The summed E-state index contributed by atoms with van der Waals surface area (Å²) in [5, 5.41) is 0. The number of hydrogen-bond acceptors (Lipinski definition) is 6. The van der Waals surface area contributed by atoms with Gasteiger partial charge in [0.05, 0.1) is 12.4 Å².